The monoisotopic (exact) mass is 622 g/mol. The molecule has 3 aliphatic rings. The van der Waals surface area contributed by atoms with Gasteiger partial charge in [0, 0.05) is 20.2 Å². The molecule has 5 rings (SSSR count). The summed E-state index contributed by atoms with van der Waals surface area (Å²) < 4.78 is 37.9. The lowest BCUT2D eigenvalue weighted by Gasteiger charge is -2.34. The van der Waals surface area contributed by atoms with Gasteiger partial charge in [-0.05, 0) is 102 Å². The molecular formula is C33H46N6O4S. The van der Waals surface area contributed by atoms with Crippen LogP contribution >= 0.6 is 0 Å². The second-order valence-electron chi connectivity index (χ2n) is 12.3. The van der Waals surface area contributed by atoms with Crippen molar-refractivity contribution in [3.05, 3.63) is 59.8 Å². The summed E-state index contributed by atoms with van der Waals surface area (Å²) in [5, 5.41) is 9.52. The number of aryl methyl sites for hydroxylation is 1. The van der Waals surface area contributed by atoms with Crippen LogP contribution in [-0.4, -0.2) is 76.0 Å². The minimum absolute atomic E-state index is 0.0193. The van der Waals surface area contributed by atoms with Gasteiger partial charge in [0.05, 0.1) is 40.1 Å². The summed E-state index contributed by atoms with van der Waals surface area (Å²) in [5.41, 5.74) is 3.80. The molecule has 0 aromatic heterocycles. The minimum atomic E-state index is -3.50. The topological polar surface area (TPSA) is 117 Å². The average molecular weight is 623 g/mol. The maximum atomic E-state index is 13.1. The number of methoxy groups -OCH3 is 1. The van der Waals surface area contributed by atoms with Gasteiger partial charge in [0.25, 0.3) is 0 Å². The van der Waals surface area contributed by atoms with E-state index in [4.69, 9.17) is 19.5 Å². The van der Waals surface area contributed by atoms with E-state index < -0.39 is 21.3 Å². The third-order valence-electron chi connectivity index (χ3n) is 8.33. The summed E-state index contributed by atoms with van der Waals surface area (Å²) >= 11 is 0. The van der Waals surface area contributed by atoms with Crippen molar-refractivity contribution in [3.63, 3.8) is 0 Å². The van der Waals surface area contributed by atoms with Gasteiger partial charge in [0.1, 0.15) is 17.8 Å². The summed E-state index contributed by atoms with van der Waals surface area (Å²) in [6, 6.07) is 11.3. The van der Waals surface area contributed by atoms with Crippen molar-refractivity contribution in [2.75, 3.05) is 44.0 Å². The zero-order valence-corrected chi connectivity index (χ0v) is 27.4. The number of sulfone groups is 1. The molecule has 1 fully saturated rings. The molecular weight excluding hydrogens is 576 g/mol. The Labute approximate surface area is 261 Å². The number of rotatable bonds is 11. The molecule has 0 spiro atoms. The number of amidine groups is 1. The van der Waals surface area contributed by atoms with Crippen LogP contribution in [0.25, 0.3) is 0 Å². The van der Waals surface area contributed by atoms with Crippen molar-refractivity contribution in [1.82, 2.24) is 10.2 Å². The van der Waals surface area contributed by atoms with Crippen LogP contribution in [-0.2, 0) is 14.6 Å². The van der Waals surface area contributed by atoms with Crippen LogP contribution in [0.4, 0.5) is 11.4 Å². The molecule has 3 atom stereocenters. The zero-order chi connectivity index (χ0) is 31.4. The van der Waals surface area contributed by atoms with Crippen LogP contribution in [0, 0.1) is 12.8 Å². The highest BCUT2D eigenvalue weighted by Gasteiger charge is 2.33. The lowest BCUT2D eigenvalue weighted by atomic mass is 9.87. The predicted molar refractivity (Wildman–Crippen MR) is 178 cm³/mol. The van der Waals surface area contributed by atoms with Gasteiger partial charge in [0.2, 0.25) is 5.96 Å². The molecule has 238 valence electrons. The summed E-state index contributed by atoms with van der Waals surface area (Å²) in [6.45, 7) is 13.4. The lowest BCUT2D eigenvalue weighted by Crippen LogP contribution is -2.40. The van der Waals surface area contributed by atoms with Crippen LogP contribution in [0.5, 0.6) is 5.75 Å². The number of benzene rings is 2. The fourth-order valence-electron chi connectivity index (χ4n) is 6.02. The number of para-hydroxylation sites is 1. The molecule has 3 N–H and O–H groups in total. The highest BCUT2D eigenvalue weighted by Crippen LogP contribution is 2.37. The highest BCUT2D eigenvalue weighted by atomic mass is 32.2. The fraction of sp³-hybridized carbons (Fsp3) is 0.515. The van der Waals surface area contributed by atoms with E-state index in [-0.39, 0.29) is 16.9 Å². The van der Waals surface area contributed by atoms with Crippen LogP contribution in [0.15, 0.2) is 63.6 Å². The van der Waals surface area contributed by atoms with Gasteiger partial charge in [-0.1, -0.05) is 18.2 Å². The maximum Gasteiger partial charge on any atom is 0.226 e. The molecule has 2 aromatic carbocycles. The number of aliphatic imine (C=N–C) groups is 2. The number of likely N-dealkylation sites (tertiary alicyclic amines) is 1. The van der Waals surface area contributed by atoms with Crippen molar-refractivity contribution >= 4 is 33.0 Å². The molecule has 0 bridgehead atoms. The van der Waals surface area contributed by atoms with E-state index in [9.17, 15) is 8.42 Å². The molecule has 3 heterocycles. The Morgan fingerprint density at radius 3 is 2.68 bits per heavy atom. The summed E-state index contributed by atoms with van der Waals surface area (Å²) in [7, 11) is -1.75. The number of piperidine rings is 1. The molecule has 0 amide bonds. The number of fused-ring (bicyclic) bond motifs is 1. The quantitative estimate of drug-likeness (QED) is 0.316. The van der Waals surface area contributed by atoms with E-state index in [2.05, 4.69) is 39.9 Å². The Morgan fingerprint density at radius 2 is 1.93 bits per heavy atom. The molecule has 0 aliphatic carbocycles. The van der Waals surface area contributed by atoms with Gasteiger partial charge >= 0.3 is 0 Å². The second kappa shape index (κ2) is 13.7. The average Bonchev–Trinajstić information content (AvgIpc) is 3.46. The first-order valence-corrected chi connectivity index (χ1v) is 17.1. The minimum Gasteiger partial charge on any atom is -0.489 e. The molecule has 3 aliphatic heterocycles. The molecule has 10 nitrogen and oxygen atoms in total. The van der Waals surface area contributed by atoms with Crippen LogP contribution < -0.4 is 20.7 Å². The Morgan fingerprint density at radius 1 is 1.14 bits per heavy atom. The second-order valence-corrected chi connectivity index (χ2v) is 14.8. The molecule has 44 heavy (non-hydrogen) atoms. The van der Waals surface area contributed by atoms with Crippen LogP contribution in [0.2, 0.25) is 0 Å². The number of nitrogens with zero attached hydrogens (tertiary/aromatic N) is 3. The third kappa shape index (κ3) is 7.11. The van der Waals surface area contributed by atoms with Crippen molar-refractivity contribution in [2.45, 2.75) is 75.8 Å². The van der Waals surface area contributed by atoms with Gasteiger partial charge in [-0.15, -0.1) is 0 Å². The Balaban J connectivity index is 1.44. The molecule has 1 saturated heterocycles. The molecule has 3 unspecified atom stereocenters. The van der Waals surface area contributed by atoms with Crippen molar-refractivity contribution in [2.24, 2.45) is 15.9 Å². The van der Waals surface area contributed by atoms with E-state index in [0.717, 1.165) is 56.4 Å². The molecule has 0 saturated carbocycles. The predicted octanol–water partition coefficient (Wildman–Crippen LogP) is 5.14. The van der Waals surface area contributed by atoms with E-state index in [1.807, 2.05) is 32.2 Å². The first kappa shape index (κ1) is 32.0. The van der Waals surface area contributed by atoms with Crippen LogP contribution in [0.3, 0.4) is 0 Å². The van der Waals surface area contributed by atoms with Gasteiger partial charge < -0.3 is 30.3 Å². The van der Waals surface area contributed by atoms with E-state index in [1.165, 1.54) is 11.1 Å². The first-order valence-electron chi connectivity index (χ1n) is 15.6. The summed E-state index contributed by atoms with van der Waals surface area (Å²) in [6.07, 6.45) is 5.63. The van der Waals surface area contributed by atoms with Gasteiger partial charge in [-0.3, -0.25) is 0 Å². The molecule has 11 heteroatoms. The Bertz CT molecular complexity index is 1530. The zero-order valence-electron chi connectivity index (χ0n) is 26.6. The highest BCUT2D eigenvalue weighted by molar-refractivity contribution is 7.92. The van der Waals surface area contributed by atoms with Gasteiger partial charge in [-0.25, -0.2) is 13.4 Å². The van der Waals surface area contributed by atoms with Gasteiger partial charge in [-0.2, -0.15) is 4.99 Å². The Hall–Kier alpha value is -3.41. The van der Waals surface area contributed by atoms with E-state index in [1.54, 1.807) is 39.2 Å². The lowest BCUT2D eigenvalue weighted by molar-refractivity contribution is 0.128. The number of hydrogen-bond donors (Lipinski definition) is 3. The normalized spacial score (nSPS) is 22.0. The third-order valence-corrected chi connectivity index (χ3v) is 10.5. The number of hydrogen-bond acceptors (Lipinski definition) is 10. The first-order chi connectivity index (χ1) is 21.1. The van der Waals surface area contributed by atoms with Crippen molar-refractivity contribution < 1.29 is 17.9 Å². The number of guanidine groups is 1. The van der Waals surface area contributed by atoms with Crippen LogP contribution in [0.1, 0.15) is 57.6 Å². The summed E-state index contributed by atoms with van der Waals surface area (Å²) in [5.74, 6) is 2.16. The standard InChI is InChI=1S/C33H46N6O4S/c1-21(2)43-29-19-26(24-10-9-15-39(20-24)16-17-42-6)23(5)18-28(29)36-33-37-31-25(13-14-34-31)32(38-33)35-27-11-7-8-12-30(27)44(40,41)22(3)4/h7-8,11-14,18-19,21-22,24-25,32,35H,9-10,15-17,20H2,1-6H3,(H2,34,36,37,38). The van der Waals surface area contributed by atoms with E-state index in [0.29, 0.717) is 17.6 Å². The molecule has 0 radical (unpaired) electrons. The number of ether oxygens (including phenoxy) is 2. The van der Waals surface area contributed by atoms with E-state index >= 15 is 0 Å². The largest absolute Gasteiger partial charge is 0.489 e. The number of nitrogens with one attached hydrogen (secondary N) is 3. The summed E-state index contributed by atoms with van der Waals surface area (Å²) in [4.78, 5) is 12.5. The smallest absolute Gasteiger partial charge is 0.226 e. The van der Waals surface area contributed by atoms with Crippen molar-refractivity contribution in [1.29, 1.82) is 0 Å². The fourth-order valence-corrected chi connectivity index (χ4v) is 7.23. The number of anilines is 2. The SMILES string of the molecule is COCCN1CCCC(c2cc(OC(C)C)c(NC3=NC(Nc4ccccc4S(=O)(=O)C(C)C)C4C=CNC4=N3)cc2C)C1. The van der Waals surface area contributed by atoms with Crippen molar-refractivity contribution in [3.8, 4) is 5.75 Å². The van der Waals surface area contributed by atoms with Gasteiger partial charge in [0.15, 0.2) is 9.84 Å². The maximum absolute atomic E-state index is 13.1. The Kier molecular flexibility index (Phi) is 9.97. The molecule has 2 aromatic rings.